The van der Waals surface area contributed by atoms with E-state index >= 15 is 0 Å². The lowest BCUT2D eigenvalue weighted by Crippen LogP contribution is -2.39. The summed E-state index contributed by atoms with van der Waals surface area (Å²) >= 11 is 12.3. The number of carbonyl (C=O) groups excluding carboxylic acids is 1. The van der Waals surface area contributed by atoms with Crippen LogP contribution in [0.3, 0.4) is 0 Å². The number of anilines is 1. The normalized spacial score (nSPS) is 11.6. The van der Waals surface area contributed by atoms with Crippen LogP contribution in [0.15, 0.2) is 94.9 Å². The van der Waals surface area contributed by atoms with E-state index < -0.39 is 22.5 Å². The fourth-order valence-corrected chi connectivity index (χ4v) is 5.79. The molecule has 4 aromatic rings. The summed E-state index contributed by atoms with van der Waals surface area (Å²) in [6, 6.07) is 23.7. The average Bonchev–Trinajstić information content (AvgIpc) is 3.17. The Morgan fingerprint density at radius 3 is 2.30 bits per heavy atom. The number of benzene rings is 3. The third-order valence-corrected chi connectivity index (χ3v) is 8.03. The minimum atomic E-state index is -4.07. The molecule has 1 N–H and O–H groups in total. The van der Waals surface area contributed by atoms with Crippen LogP contribution in [0.1, 0.15) is 17.0 Å². The van der Waals surface area contributed by atoms with Gasteiger partial charge >= 0.3 is 0 Å². The number of carbonyl (C=O) groups is 1. The minimum Gasteiger partial charge on any atom is -0.318 e. The summed E-state index contributed by atoms with van der Waals surface area (Å²) in [7, 11) is -4.07. The van der Waals surface area contributed by atoms with E-state index in [-0.39, 0.29) is 15.6 Å². The molecule has 4 rings (SSSR count). The summed E-state index contributed by atoms with van der Waals surface area (Å²) in [5.74, 6) is -0.623. The van der Waals surface area contributed by atoms with Gasteiger partial charge in [0, 0.05) is 27.7 Å². The quantitative estimate of drug-likeness (QED) is 0.222. The third-order valence-electron chi connectivity index (χ3n) is 5.69. The highest BCUT2D eigenvalue weighted by molar-refractivity contribution is 7.92. The van der Waals surface area contributed by atoms with Gasteiger partial charge in [-0.1, -0.05) is 53.5 Å². The molecule has 0 aliphatic carbocycles. The molecule has 37 heavy (non-hydrogen) atoms. The topological polar surface area (TPSA) is 83.8 Å². The highest BCUT2D eigenvalue weighted by atomic mass is 35.5. The van der Waals surface area contributed by atoms with E-state index in [1.807, 2.05) is 48.7 Å². The number of rotatable bonds is 8. The zero-order valence-electron chi connectivity index (χ0n) is 20.1. The maximum atomic E-state index is 13.4. The second-order valence-corrected chi connectivity index (χ2v) is 10.9. The molecule has 0 saturated carbocycles. The molecule has 7 nitrogen and oxygen atoms in total. The van der Waals surface area contributed by atoms with Gasteiger partial charge in [-0.2, -0.15) is 5.10 Å². The molecule has 10 heteroatoms. The summed E-state index contributed by atoms with van der Waals surface area (Å²) in [6.07, 6.45) is 1.53. The van der Waals surface area contributed by atoms with Crippen LogP contribution in [0.4, 0.5) is 5.69 Å². The monoisotopic (exact) mass is 554 g/mol. The lowest BCUT2D eigenvalue weighted by atomic mass is 10.2. The molecule has 0 radical (unpaired) electrons. The van der Waals surface area contributed by atoms with Gasteiger partial charge in [0.25, 0.3) is 15.9 Å². The molecule has 0 spiro atoms. The third kappa shape index (κ3) is 5.88. The Morgan fingerprint density at radius 1 is 0.973 bits per heavy atom. The first-order chi connectivity index (χ1) is 17.7. The van der Waals surface area contributed by atoms with Crippen molar-refractivity contribution in [2.75, 3.05) is 10.8 Å². The van der Waals surface area contributed by atoms with Gasteiger partial charge < -0.3 is 4.57 Å². The van der Waals surface area contributed by atoms with Crippen molar-refractivity contribution in [3.8, 4) is 5.69 Å². The summed E-state index contributed by atoms with van der Waals surface area (Å²) in [5, 5.41) is 4.93. The van der Waals surface area contributed by atoms with E-state index in [9.17, 15) is 13.2 Å². The van der Waals surface area contributed by atoms with Crippen LogP contribution in [-0.4, -0.2) is 31.7 Å². The number of nitrogens with one attached hydrogen (secondary N) is 1. The van der Waals surface area contributed by atoms with Gasteiger partial charge in [-0.15, -0.1) is 0 Å². The second-order valence-electron chi connectivity index (χ2n) is 8.21. The molecule has 1 amide bonds. The van der Waals surface area contributed by atoms with Gasteiger partial charge in [0.1, 0.15) is 6.54 Å². The molecule has 3 aromatic carbocycles. The number of amides is 1. The van der Waals surface area contributed by atoms with Crippen LogP contribution in [0.2, 0.25) is 10.0 Å². The number of hydrazone groups is 1. The largest absolute Gasteiger partial charge is 0.318 e. The molecule has 0 unspecified atom stereocenters. The highest BCUT2D eigenvalue weighted by Crippen LogP contribution is 2.30. The van der Waals surface area contributed by atoms with Crippen molar-refractivity contribution in [2.24, 2.45) is 5.10 Å². The van der Waals surface area contributed by atoms with E-state index in [2.05, 4.69) is 10.5 Å². The summed E-state index contributed by atoms with van der Waals surface area (Å²) in [6.45, 7) is 3.39. The van der Waals surface area contributed by atoms with Crippen molar-refractivity contribution in [1.82, 2.24) is 9.99 Å². The molecule has 1 aromatic heterocycles. The van der Waals surface area contributed by atoms with Crippen molar-refractivity contribution in [3.63, 3.8) is 0 Å². The number of hydrogen-bond acceptors (Lipinski definition) is 4. The van der Waals surface area contributed by atoms with E-state index in [0.717, 1.165) is 26.9 Å². The van der Waals surface area contributed by atoms with E-state index in [1.165, 1.54) is 18.3 Å². The molecule has 0 saturated heterocycles. The highest BCUT2D eigenvalue weighted by Gasteiger charge is 2.28. The van der Waals surface area contributed by atoms with Crippen molar-refractivity contribution < 1.29 is 13.2 Å². The SMILES string of the molecule is Cc1cc(/C=N\NC(=O)CN(c2ccccc2Cl)S(=O)(=O)c2ccccc2)c(C)n1-c1ccc(Cl)cc1. The predicted molar refractivity (Wildman–Crippen MR) is 148 cm³/mol. The van der Waals surface area contributed by atoms with Gasteiger partial charge in [0.05, 0.1) is 21.8 Å². The summed E-state index contributed by atoms with van der Waals surface area (Å²) < 4.78 is 29.8. The van der Waals surface area contributed by atoms with Crippen LogP contribution in [0.5, 0.6) is 0 Å². The lowest BCUT2D eigenvalue weighted by Gasteiger charge is -2.24. The van der Waals surface area contributed by atoms with Gasteiger partial charge in [-0.05, 0) is 68.4 Å². The molecule has 0 bridgehead atoms. The number of para-hydroxylation sites is 1. The minimum absolute atomic E-state index is 0.0425. The molecular weight excluding hydrogens is 531 g/mol. The maximum Gasteiger partial charge on any atom is 0.264 e. The van der Waals surface area contributed by atoms with Crippen LogP contribution in [-0.2, 0) is 14.8 Å². The fourth-order valence-electron chi connectivity index (χ4n) is 3.92. The second kappa shape index (κ2) is 11.2. The maximum absolute atomic E-state index is 13.4. The van der Waals surface area contributed by atoms with Crippen LogP contribution in [0, 0.1) is 13.8 Å². The van der Waals surface area contributed by atoms with Crippen molar-refractivity contribution in [2.45, 2.75) is 18.7 Å². The summed E-state index contributed by atoms with van der Waals surface area (Å²) in [4.78, 5) is 12.9. The number of nitrogens with zero attached hydrogens (tertiary/aromatic N) is 3. The Labute approximate surface area is 226 Å². The standard InChI is InChI=1S/C27H24Cl2N4O3S/c1-19-16-21(20(2)33(19)23-14-12-22(28)13-15-23)17-30-31-27(34)18-32(26-11-7-6-10-25(26)29)37(35,36)24-8-4-3-5-9-24/h3-17H,18H2,1-2H3,(H,31,34)/b30-17-. The molecule has 0 aliphatic rings. The number of sulfonamides is 1. The first-order valence-electron chi connectivity index (χ1n) is 11.3. The number of aryl methyl sites for hydroxylation is 1. The lowest BCUT2D eigenvalue weighted by molar-refractivity contribution is -0.119. The first kappa shape index (κ1) is 26.5. The number of aromatic nitrogens is 1. The molecule has 1 heterocycles. The van der Waals surface area contributed by atoms with Gasteiger partial charge in [-0.3, -0.25) is 9.10 Å². The Morgan fingerprint density at radius 2 is 1.62 bits per heavy atom. The van der Waals surface area contributed by atoms with E-state index in [0.29, 0.717) is 5.02 Å². The zero-order valence-corrected chi connectivity index (χ0v) is 22.4. The number of halogens is 2. The molecule has 190 valence electrons. The van der Waals surface area contributed by atoms with Gasteiger partial charge in [0.2, 0.25) is 0 Å². The van der Waals surface area contributed by atoms with Crippen LogP contribution >= 0.6 is 23.2 Å². The Kier molecular flexibility index (Phi) is 8.02. The van der Waals surface area contributed by atoms with Crippen molar-refractivity contribution in [3.05, 3.63) is 112 Å². The number of hydrogen-bond donors (Lipinski definition) is 1. The van der Waals surface area contributed by atoms with E-state index in [1.54, 1.807) is 42.5 Å². The Hall–Kier alpha value is -3.59. The van der Waals surface area contributed by atoms with Crippen molar-refractivity contribution >= 4 is 51.0 Å². The van der Waals surface area contributed by atoms with E-state index in [4.69, 9.17) is 23.2 Å². The molecule has 0 fully saturated rings. The van der Waals surface area contributed by atoms with Crippen LogP contribution in [0.25, 0.3) is 5.69 Å². The predicted octanol–water partition coefficient (Wildman–Crippen LogP) is 5.75. The Balaban J connectivity index is 1.55. The van der Waals surface area contributed by atoms with Gasteiger partial charge in [0.15, 0.2) is 0 Å². The summed E-state index contributed by atoms with van der Waals surface area (Å²) in [5.41, 5.74) is 6.27. The van der Waals surface area contributed by atoms with Crippen molar-refractivity contribution in [1.29, 1.82) is 0 Å². The smallest absolute Gasteiger partial charge is 0.264 e. The fraction of sp³-hybridized carbons (Fsp3) is 0.111. The average molecular weight is 555 g/mol. The zero-order chi connectivity index (χ0) is 26.6. The molecule has 0 aliphatic heterocycles. The van der Waals surface area contributed by atoms with Crippen LogP contribution < -0.4 is 9.73 Å². The van der Waals surface area contributed by atoms with Gasteiger partial charge in [-0.25, -0.2) is 13.8 Å². The molecule has 0 atom stereocenters. The Bertz CT molecular complexity index is 1550. The first-order valence-corrected chi connectivity index (χ1v) is 13.5. The molecular formula is C27H24Cl2N4O3S.